The normalized spacial score (nSPS) is 13.6. The Bertz CT molecular complexity index is 857. The van der Waals surface area contributed by atoms with E-state index in [1.807, 2.05) is 0 Å². The van der Waals surface area contributed by atoms with Crippen molar-refractivity contribution in [1.82, 2.24) is 10.2 Å². The van der Waals surface area contributed by atoms with E-state index in [0.29, 0.717) is 30.3 Å². The number of methoxy groups -OCH3 is 2. The minimum atomic E-state index is -0.328. The van der Waals surface area contributed by atoms with Crippen LogP contribution in [-0.4, -0.2) is 50.7 Å². The van der Waals surface area contributed by atoms with E-state index >= 15 is 0 Å². The van der Waals surface area contributed by atoms with Crippen LogP contribution in [0.2, 0.25) is 0 Å². The summed E-state index contributed by atoms with van der Waals surface area (Å²) in [5.74, 6) is 0.554. The van der Waals surface area contributed by atoms with Crippen LogP contribution in [0.4, 0.5) is 14.9 Å². The maximum absolute atomic E-state index is 12.9. The van der Waals surface area contributed by atoms with Gasteiger partial charge in [-0.3, -0.25) is 9.69 Å². The Morgan fingerprint density at radius 3 is 2.54 bits per heavy atom. The lowest BCUT2D eigenvalue weighted by Crippen LogP contribution is -2.39. The number of carbonyl (C=O) groups excluding carboxylic acids is 2. The number of ether oxygens (including phenoxy) is 2. The zero-order valence-corrected chi connectivity index (χ0v) is 15.8. The van der Waals surface area contributed by atoms with Crippen molar-refractivity contribution in [2.45, 2.75) is 6.54 Å². The summed E-state index contributed by atoms with van der Waals surface area (Å²) in [6.45, 7) is 1.08. The van der Waals surface area contributed by atoms with Crippen LogP contribution in [0.5, 0.6) is 11.5 Å². The number of urea groups is 1. The molecule has 0 aromatic heterocycles. The Morgan fingerprint density at radius 2 is 1.86 bits per heavy atom. The summed E-state index contributed by atoms with van der Waals surface area (Å²) in [7, 11) is 3.08. The van der Waals surface area contributed by atoms with E-state index in [4.69, 9.17) is 9.47 Å². The van der Waals surface area contributed by atoms with Gasteiger partial charge in [-0.2, -0.15) is 0 Å². The van der Waals surface area contributed by atoms with E-state index in [-0.39, 0.29) is 30.8 Å². The summed E-state index contributed by atoms with van der Waals surface area (Å²) in [6, 6.07) is 10.8. The number of amides is 3. The first-order valence-electron chi connectivity index (χ1n) is 8.81. The molecule has 148 valence electrons. The van der Waals surface area contributed by atoms with Gasteiger partial charge in [-0.25, -0.2) is 9.18 Å². The summed E-state index contributed by atoms with van der Waals surface area (Å²) in [6.07, 6.45) is 0. The Kier molecular flexibility index (Phi) is 5.98. The number of rotatable bonds is 7. The van der Waals surface area contributed by atoms with Gasteiger partial charge in [0.05, 0.1) is 19.9 Å². The van der Waals surface area contributed by atoms with Crippen molar-refractivity contribution in [2.24, 2.45) is 0 Å². The SMILES string of the molecule is COc1ccc(OC)c(N2CCN(CC(=O)NCc3ccc(F)cc3)C2=O)c1. The second-order valence-electron chi connectivity index (χ2n) is 6.30. The smallest absolute Gasteiger partial charge is 0.325 e. The van der Waals surface area contributed by atoms with Gasteiger partial charge in [0.2, 0.25) is 5.91 Å². The standard InChI is InChI=1S/C20H22FN3O4/c1-27-16-7-8-18(28-2)17(11-16)24-10-9-23(20(24)26)13-19(25)22-12-14-3-5-15(21)6-4-14/h3-8,11H,9-10,12-13H2,1-2H3,(H,22,25). The van der Waals surface area contributed by atoms with E-state index in [0.717, 1.165) is 5.56 Å². The molecular formula is C20H22FN3O4. The summed E-state index contributed by atoms with van der Waals surface area (Å²) in [5.41, 5.74) is 1.38. The van der Waals surface area contributed by atoms with E-state index in [1.54, 1.807) is 42.3 Å². The van der Waals surface area contributed by atoms with Gasteiger partial charge in [0.1, 0.15) is 23.9 Å². The Balaban J connectivity index is 1.61. The minimum Gasteiger partial charge on any atom is -0.497 e. The zero-order valence-electron chi connectivity index (χ0n) is 15.8. The highest BCUT2D eigenvalue weighted by Gasteiger charge is 2.32. The molecule has 0 spiro atoms. The quantitative estimate of drug-likeness (QED) is 0.792. The molecule has 2 aromatic carbocycles. The van der Waals surface area contributed by atoms with E-state index in [2.05, 4.69) is 5.32 Å². The second kappa shape index (κ2) is 8.60. The molecule has 7 nitrogen and oxygen atoms in total. The van der Waals surface area contributed by atoms with Crippen molar-refractivity contribution in [3.63, 3.8) is 0 Å². The molecule has 0 radical (unpaired) electrons. The molecule has 2 aromatic rings. The molecule has 8 heteroatoms. The van der Waals surface area contributed by atoms with Gasteiger partial charge in [0.25, 0.3) is 0 Å². The first-order valence-corrected chi connectivity index (χ1v) is 8.81. The largest absolute Gasteiger partial charge is 0.497 e. The Labute approximate surface area is 162 Å². The number of hydrogen-bond donors (Lipinski definition) is 1. The molecule has 1 saturated heterocycles. The fourth-order valence-electron chi connectivity index (χ4n) is 2.99. The monoisotopic (exact) mass is 387 g/mol. The molecule has 1 fully saturated rings. The van der Waals surface area contributed by atoms with Crippen LogP contribution in [0.25, 0.3) is 0 Å². The Hall–Kier alpha value is -3.29. The molecule has 0 saturated carbocycles. The van der Waals surface area contributed by atoms with Crippen molar-refractivity contribution in [3.05, 3.63) is 53.8 Å². The summed E-state index contributed by atoms with van der Waals surface area (Å²) >= 11 is 0. The number of carbonyl (C=O) groups is 2. The molecule has 3 amide bonds. The molecule has 0 bridgehead atoms. The summed E-state index contributed by atoms with van der Waals surface area (Å²) in [5, 5.41) is 2.74. The fourth-order valence-corrected chi connectivity index (χ4v) is 2.99. The predicted molar refractivity (Wildman–Crippen MR) is 102 cm³/mol. The molecule has 0 aliphatic carbocycles. The lowest BCUT2D eigenvalue weighted by atomic mass is 10.2. The molecule has 1 heterocycles. The zero-order chi connectivity index (χ0) is 20.1. The molecule has 3 rings (SSSR count). The molecule has 1 aliphatic heterocycles. The van der Waals surface area contributed by atoms with Gasteiger partial charge in [-0.1, -0.05) is 12.1 Å². The van der Waals surface area contributed by atoms with Crippen LogP contribution < -0.4 is 19.7 Å². The predicted octanol–water partition coefficient (Wildman–Crippen LogP) is 2.40. The van der Waals surface area contributed by atoms with Crippen LogP contribution in [-0.2, 0) is 11.3 Å². The minimum absolute atomic E-state index is 0.0528. The van der Waals surface area contributed by atoms with Crippen molar-refractivity contribution >= 4 is 17.6 Å². The van der Waals surface area contributed by atoms with Crippen LogP contribution >= 0.6 is 0 Å². The number of benzene rings is 2. The summed E-state index contributed by atoms with van der Waals surface area (Å²) < 4.78 is 23.5. The number of hydrogen-bond acceptors (Lipinski definition) is 4. The number of nitrogens with one attached hydrogen (secondary N) is 1. The van der Waals surface area contributed by atoms with Crippen molar-refractivity contribution < 1.29 is 23.5 Å². The number of halogens is 1. The molecule has 0 atom stereocenters. The highest BCUT2D eigenvalue weighted by Crippen LogP contribution is 2.34. The van der Waals surface area contributed by atoms with Crippen molar-refractivity contribution in [1.29, 1.82) is 0 Å². The van der Waals surface area contributed by atoms with Crippen molar-refractivity contribution in [2.75, 3.05) is 38.8 Å². The van der Waals surface area contributed by atoms with Crippen molar-refractivity contribution in [3.8, 4) is 11.5 Å². The fraction of sp³-hybridized carbons (Fsp3) is 0.300. The molecule has 1 aliphatic rings. The maximum atomic E-state index is 12.9. The lowest BCUT2D eigenvalue weighted by Gasteiger charge is -2.21. The third-order valence-corrected chi connectivity index (χ3v) is 4.51. The highest BCUT2D eigenvalue weighted by molar-refractivity contribution is 5.97. The average Bonchev–Trinajstić information content (AvgIpc) is 3.07. The van der Waals surface area contributed by atoms with Gasteiger partial charge < -0.3 is 19.7 Å². The average molecular weight is 387 g/mol. The van der Waals surface area contributed by atoms with Gasteiger partial charge in [-0.05, 0) is 29.8 Å². The molecular weight excluding hydrogens is 365 g/mol. The topological polar surface area (TPSA) is 71.1 Å². The van der Waals surface area contributed by atoms with E-state index in [9.17, 15) is 14.0 Å². The van der Waals surface area contributed by atoms with Crippen LogP contribution in [0.15, 0.2) is 42.5 Å². The number of nitrogens with zero attached hydrogens (tertiary/aromatic N) is 2. The highest BCUT2D eigenvalue weighted by atomic mass is 19.1. The first kappa shape index (κ1) is 19.5. The molecule has 28 heavy (non-hydrogen) atoms. The van der Waals surface area contributed by atoms with Gasteiger partial charge in [0, 0.05) is 25.7 Å². The summed E-state index contributed by atoms with van der Waals surface area (Å²) in [4.78, 5) is 28.0. The Morgan fingerprint density at radius 1 is 1.11 bits per heavy atom. The maximum Gasteiger partial charge on any atom is 0.325 e. The first-order chi connectivity index (χ1) is 13.5. The van der Waals surface area contributed by atoms with Crippen LogP contribution in [0, 0.1) is 5.82 Å². The number of anilines is 1. The van der Waals surface area contributed by atoms with Crippen LogP contribution in [0.1, 0.15) is 5.56 Å². The van der Waals surface area contributed by atoms with E-state index < -0.39 is 0 Å². The van der Waals surface area contributed by atoms with Gasteiger partial charge >= 0.3 is 6.03 Å². The van der Waals surface area contributed by atoms with Gasteiger partial charge in [0.15, 0.2) is 0 Å². The second-order valence-corrected chi connectivity index (χ2v) is 6.30. The molecule has 1 N–H and O–H groups in total. The van der Waals surface area contributed by atoms with Gasteiger partial charge in [-0.15, -0.1) is 0 Å². The molecule has 0 unspecified atom stereocenters. The third kappa shape index (κ3) is 4.33. The van der Waals surface area contributed by atoms with Crippen LogP contribution in [0.3, 0.4) is 0 Å². The third-order valence-electron chi connectivity index (χ3n) is 4.51. The van der Waals surface area contributed by atoms with E-state index in [1.165, 1.54) is 24.1 Å². The lowest BCUT2D eigenvalue weighted by molar-refractivity contribution is -0.121.